The molecule has 0 bridgehead atoms. The van der Waals surface area contributed by atoms with Crippen molar-refractivity contribution in [2.45, 2.75) is 71.4 Å². The van der Waals surface area contributed by atoms with E-state index in [1.54, 1.807) is 0 Å². The van der Waals surface area contributed by atoms with Gasteiger partial charge in [0.1, 0.15) is 0 Å². The number of aliphatic hydroxyl groups is 1. The van der Waals surface area contributed by atoms with Crippen molar-refractivity contribution in [3.05, 3.63) is 0 Å². The lowest BCUT2D eigenvalue weighted by molar-refractivity contribution is 0.0366. The van der Waals surface area contributed by atoms with Crippen molar-refractivity contribution in [2.75, 3.05) is 0 Å². The van der Waals surface area contributed by atoms with Crippen LogP contribution in [0.5, 0.6) is 0 Å². The van der Waals surface area contributed by atoms with Gasteiger partial charge in [0.05, 0.1) is 12.2 Å². The highest BCUT2D eigenvalue weighted by atomic mass is 28.4. The molecule has 0 aliphatic carbocycles. The molecule has 0 heterocycles. The summed E-state index contributed by atoms with van der Waals surface area (Å²) in [5.41, 5.74) is 0. The Bertz CT molecular complexity index is 173. The summed E-state index contributed by atoms with van der Waals surface area (Å²) in [6, 6.07) is 0. The summed E-state index contributed by atoms with van der Waals surface area (Å²) in [7, 11) is -1.71. The van der Waals surface area contributed by atoms with Crippen molar-refractivity contribution >= 4 is 8.32 Å². The molecule has 2 nitrogen and oxygen atoms in total. The molecule has 0 unspecified atom stereocenters. The maximum atomic E-state index is 9.65. The quantitative estimate of drug-likeness (QED) is 0.734. The predicted molar refractivity (Wildman–Crippen MR) is 64.0 cm³/mol. The van der Waals surface area contributed by atoms with E-state index >= 15 is 0 Å². The zero-order valence-corrected chi connectivity index (χ0v) is 11.7. The highest BCUT2D eigenvalue weighted by Gasteiger charge is 2.39. The average molecular weight is 218 g/mol. The van der Waals surface area contributed by atoms with Crippen LogP contribution in [-0.2, 0) is 4.43 Å². The van der Waals surface area contributed by atoms with E-state index in [1.807, 2.05) is 13.8 Å². The van der Waals surface area contributed by atoms with E-state index in [9.17, 15) is 5.11 Å². The lowest BCUT2D eigenvalue weighted by Gasteiger charge is -2.39. The Balaban J connectivity index is 4.36. The van der Waals surface area contributed by atoms with Gasteiger partial charge < -0.3 is 9.53 Å². The zero-order valence-electron chi connectivity index (χ0n) is 10.7. The molecule has 0 aromatic heterocycles. The Morgan fingerprint density at radius 1 is 1.29 bits per heavy atom. The molecule has 14 heavy (non-hydrogen) atoms. The third-order valence-electron chi connectivity index (χ3n) is 3.25. The number of hydrogen-bond acceptors (Lipinski definition) is 2. The summed E-state index contributed by atoms with van der Waals surface area (Å²) in [4.78, 5) is 0. The summed E-state index contributed by atoms with van der Waals surface area (Å²) in [5, 5.41) is 9.87. The lowest BCUT2D eigenvalue weighted by Crippen LogP contribution is -2.46. The van der Waals surface area contributed by atoms with Gasteiger partial charge in [0.25, 0.3) is 0 Å². The highest BCUT2D eigenvalue weighted by molar-refractivity contribution is 6.74. The Morgan fingerprint density at radius 3 is 2.00 bits per heavy atom. The van der Waals surface area contributed by atoms with Crippen LogP contribution in [0.25, 0.3) is 0 Å². The van der Waals surface area contributed by atoms with Gasteiger partial charge >= 0.3 is 0 Å². The van der Waals surface area contributed by atoms with Crippen molar-refractivity contribution in [2.24, 2.45) is 0 Å². The minimum absolute atomic E-state index is 0.0408. The van der Waals surface area contributed by atoms with E-state index < -0.39 is 8.32 Å². The van der Waals surface area contributed by atoms with Crippen LogP contribution < -0.4 is 0 Å². The largest absolute Gasteiger partial charge is 0.412 e. The van der Waals surface area contributed by atoms with Crippen molar-refractivity contribution in [1.82, 2.24) is 0 Å². The number of rotatable bonds is 4. The second-order valence-corrected chi connectivity index (χ2v) is 10.3. The van der Waals surface area contributed by atoms with Gasteiger partial charge in [0.15, 0.2) is 8.32 Å². The molecule has 0 spiro atoms. The fraction of sp³-hybridized carbons (Fsp3) is 1.00. The molecule has 0 fully saturated rings. The third-order valence-corrected chi connectivity index (χ3v) is 7.82. The van der Waals surface area contributed by atoms with Crippen LogP contribution in [0.3, 0.4) is 0 Å². The van der Waals surface area contributed by atoms with E-state index in [1.165, 1.54) is 0 Å². The summed E-state index contributed by atoms with van der Waals surface area (Å²) < 4.78 is 6.04. The van der Waals surface area contributed by atoms with Crippen LogP contribution in [0.2, 0.25) is 18.1 Å². The van der Waals surface area contributed by atoms with Gasteiger partial charge in [-0.25, -0.2) is 0 Å². The molecular weight excluding hydrogens is 192 g/mol. The van der Waals surface area contributed by atoms with Crippen molar-refractivity contribution < 1.29 is 9.53 Å². The van der Waals surface area contributed by atoms with Gasteiger partial charge in [-0.1, -0.05) is 27.7 Å². The first-order valence-corrected chi connectivity index (χ1v) is 8.38. The summed E-state index contributed by atoms with van der Waals surface area (Å²) in [6.45, 7) is 15.0. The molecule has 1 N–H and O–H groups in total. The summed E-state index contributed by atoms with van der Waals surface area (Å²) >= 11 is 0. The molecule has 86 valence electrons. The maximum absolute atomic E-state index is 9.65. The van der Waals surface area contributed by atoms with Gasteiger partial charge in [0, 0.05) is 0 Å². The van der Waals surface area contributed by atoms with Gasteiger partial charge in [-0.05, 0) is 31.5 Å². The Labute approximate surface area is 89.8 Å². The minimum Gasteiger partial charge on any atom is -0.412 e. The van der Waals surface area contributed by atoms with Crippen molar-refractivity contribution in [1.29, 1.82) is 0 Å². The van der Waals surface area contributed by atoms with Crippen LogP contribution in [0, 0.1) is 0 Å². The van der Waals surface area contributed by atoms with Crippen molar-refractivity contribution in [3.8, 4) is 0 Å². The molecule has 0 aromatic carbocycles. The first kappa shape index (κ1) is 14.1. The van der Waals surface area contributed by atoms with Crippen LogP contribution in [0.4, 0.5) is 0 Å². The van der Waals surface area contributed by atoms with E-state index in [0.717, 1.165) is 6.42 Å². The SMILES string of the molecule is CC[C@H](O)[C@H](C)O[Si](C)(C)C(C)(C)C. The molecule has 0 saturated heterocycles. The number of aliphatic hydroxyl groups excluding tert-OH is 1. The lowest BCUT2D eigenvalue weighted by atomic mass is 10.2. The molecule has 0 aliphatic rings. The minimum atomic E-state index is -1.71. The first-order chi connectivity index (χ1) is 6.12. The monoisotopic (exact) mass is 218 g/mol. The highest BCUT2D eigenvalue weighted by Crippen LogP contribution is 2.37. The zero-order chi connectivity index (χ0) is 11.6. The molecule has 2 atom stereocenters. The Hall–Kier alpha value is 0.137. The van der Waals surface area contributed by atoms with Gasteiger partial charge in [-0.2, -0.15) is 0 Å². The number of hydrogen-bond donors (Lipinski definition) is 1. The fourth-order valence-corrected chi connectivity index (χ4v) is 2.49. The van der Waals surface area contributed by atoms with E-state index in [0.29, 0.717) is 0 Å². The fourth-order valence-electron chi connectivity index (χ4n) is 1.05. The van der Waals surface area contributed by atoms with Crippen LogP contribution in [0.1, 0.15) is 41.0 Å². The second-order valence-electron chi connectivity index (χ2n) is 5.56. The molecule has 0 aliphatic heterocycles. The van der Waals surface area contributed by atoms with Crippen molar-refractivity contribution in [3.63, 3.8) is 0 Å². The van der Waals surface area contributed by atoms with Crippen LogP contribution in [-0.4, -0.2) is 25.6 Å². The topological polar surface area (TPSA) is 29.5 Å². The molecule has 0 saturated carbocycles. The van der Waals surface area contributed by atoms with E-state index in [2.05, 4.69) is 33.9 Å². The van der Waals surface area contributed by atoms with Gasteiger partial charge in [-0.3, -0.25) is 0 Å². The molecule has 0 radical (unpaired) electrons. The molecule has 0 rings (SSSR count). The molecule has 0 aromatic rings. The second kappa shape index (κ2) is 4.77. The molecule has 0 amide bonds. The van der Waals surface area contributed by atoms with Gasteiger partial charge in [-0.15, -0.1) is 0 Å². The van der Waals surface area contributed by atoms with Crippen LogP contribution in [0.15, 0.2) is 0 Å². The molecular formula is C11H26O2Si. The standard InChI is InChI=1S/C11H26O2Si/c1-8-10(12)9(2)13-14(6,7)11(3,4)5/h9-10,12H,8H2,1-7H3/t9-,10-/m0/s1. The normalized spacial score (nSPS) is 18.0. The Kier molecular flexibility index (Phi) is 4.82. The van der Waals surface area contributed by atoms with Gasteiger partial charge in [0.2, 0.25) is 0 Å². The first-order valence-electron chi connectivity index (χ1n) is 5.47. The maximum Gasteiger partial charge on any atom is 0.192 e. The summed E-state index contributed by atoms with van der Waals surface area (Å²) in [6.07, 6.45) is 0.389. The summed E-state index contributed by atoms with van der Waals surface area (Å²) in [5.74, 6) is 0. The van der Waals surface area contributed by atoms with Crippen LogP contribution >= 0.6 is 0 Å². The Morgan fingerprint density at radius 2 is 1.71 bits per heavy atom. The molecule has 3 heteroatoms. The van der Waals surface area contributed by atoms with E-state index in [-0.39, 0.29) is 17.2 Å². The average Bonchev–Trinajstić information content (AvgIpc) is 2.00. The third kappa shape index (κ3) is 3.71. The van der Waals surface area contributed by atoms with E-state index in [4.69, 9.17) is 4.43 Å². The predicted octanol–water partition coefficient (Wildman–Crippen LogP) is 3.17. The smallest absolute Gasteiger partial charge is 0.192 e.